The van der Waals surface area contributed by atoms with Crippen LogP contribution in [0.15, 0.2) is 82.8 Å². The Morgan fingerprint density at radius 3 is 2.62 bits per heavy atom. The van der Waals surface area contributed by atoms with Gasteiger partial charge in [-0.05, 0) is 47.5 Å². The lowest BCUT2D eigenvalue weighted by Crippen LogP contribution is -2.14. The molecule has 0 spiro atoms. The van der Waals surface area contributed by atoms with Crippen LogP contribution in [0.1, 0.15) is 11.1 Å². The van der Waals surface area contributed by atoms with Gasteiger partial charge < -0.3 is 10.1 Å². The van der Waals surface area contributed by atoms with E-state index in [1.54, 1.807) is 30.3 Å². The molecule has 0 fully saturated rings. The molecule has 0 saturated carbocycles. The van der Waals surface area contributed by atoms with Gasteiger partial charge in [-0.1, -0.05) is 58.4 Å². The number of hydrogen-bond acceptors (Lipinski definition) is 3. The van der Waals surface area contributed by atoms with E-state index < -0.39 is 11.7 Å². The fraction of sp³-hybridized carbons (Fsp3) is 0.0435. The van der Waals surface area contributed by atoms with E-state index >= 15 is 0 Å². The maximum atomic E-state index is 13.9. The van der Waals surface area contributed by atoms with Crippen molar-refractivity contribution in [3.8, 4) is 11.8 Å². The average Bonchev–Trinajstić information content (AvgIpc) is 2.73. The Hall–Kier alpha value is -3.43. The second-order valence-corrected chi connectivity index (χ2v) is 7.01. The summed E-state index contributed by atoms with van der Waals surface area (Å²) in [5.74, 6) is -0.676. The summed E-state index contributed by atoms with van der Waals surface area (Å²) >= 11 is 3.16. The zero-order valence-electron chi connectivity index (χ0n) is 15.2. The number of rotatable bonds is 6. The third-order valence-corrected chi connectivity index (χ3v) is 4.46. The van der Waals surface area contributed by atoms with E-state index in [1.165, 1.54) is 18.2 Å². The number of halogens is 2. The Bertz CT molecular complexity index is 1090. The van der Waals surface area contributed by atoms with Gasteiger partial charge in [0.15, 0.2) is 0 Å². The van der Waals surface area contributed by atoms with E-state index in [-0.39, 0.29) is 11.3 Å². The lowest BCUT2D eigenvalue weighted by molar-refractivity contribution is -0.112. The maximum absolute atomic E-state index is 13.9. The number of carbonyl (C=O) groups is 1. The SMILES string of the molecule is N#C/C(=C\c1cccc(OCc2ccccc2)c1)C(=O)Nc1ccc(Br)cc1F. The zero-order chi connectivity index (χ0) is 20.6. The summed E-state index contributed by atoms with van der Waals surface area (Å²) in [6.45, 7) is 0.405. The van der Waals surface area contributed by atoms with Crippen LogP contribution in [0.3, 0.4) is 0 Å². The Morgan fingerprint density at radius 1 is 1.10 bits per heavy atom. The molecule has 29 heavy (non-hydrogen) atoms. The number of hydrogen-bond donors (Lipinski definition) is 1. The van der Waals surface area contributed by atoms with Gasteiger partial charge in [0, 0.05) is 4.47 Å². The van der Waals surface area contributed by atoms with Crippen LogP contribution in [0.4, 0.5) is 10.1 Å². The molecule has 0 aromatic heterocycles. The topological polar surface area (TPSA) is 62.1 Å². The van der Waals surface area contributed by atoms with Crippen LogP contribution in [0.2, 0.25) is 0 Å². The summed E-state index contributed by atoms with van der Waals surface area (Å²) in [5, 5.41) is 11.8. The van der Waals surface area contributed by atoms with Crippen LogP contribution in [0.5, 0.6) is 5.75 Å². The van der Waals surface area contributed by atoms with E-state index in [0.717, 1.165) is 5.56 Å². The van der Waals surface area contributed by atoms with Gasteiger partial charge in [0.2, 0.25) is 0 Å². The average molecular weight is 451 g/mol. The molecular formula is C23H16BrFN2O2. The summed E-state index contributed by atoms with van der Waals surface area (Å²) in [7, 11) is 0. The molecule has 6 heteroatoms. The Kier molecular flexibility index (Phi) is 6.77. The van der Waals surface area contributed by atoms with E-state index in [1.807, 2.05) is 36.4 Å². The van der Waals surface area contributed by atoms with Gasteiger partial charge in [-0.25, -0.2) is 4.39 Å². The fourth-order valence-electron chi connectivity index (χ4n) is 2.53. The van der Waals surface area contributed by atoms with Crippen LogP contribution < -0.4 is 10.1 Å². The second-order valence-electron chi connectivity index (χ2n) is 6.09. The van der Waals surface area contributed by atoms with Crippen molar-refractivity contribution in [2.75, 3.05) is 5.32 Å². The van der Waals surface area contributed by atoms with E-state index in [2.05, 4.69) is 21.2 Å². The predicted molar refractivity (Wildman–Crippen MR) is 114 cm³/mol. The van der Waals surface area contributed by atoms with Gasteiger partial charge in [0.1, 0.15) is 29.8 Å². The highest BCUT2D eigenvalue weighted by molar-refractivity contribution is 9.10. The second kappa shape index (κ2) is 9.67. The molecule has 0 aliphatic carbocycles. The number of anilines is 1. The summed E-state index contributed by atoms with van der Waals surface area (Å²) in [4.78, 5) is 12.4. The molecule has 1 amide bonds. The molecule has 3 rings (SSSR count). The third-order valence-electron chi connectivity index (χ3n) is 3.96. The van der Waals surface area contributed by atoms with Crippen LogP contribution in [-0.4, -0.2) is 5.91 Å². The summed E-state index contributed by atoms with van der Waals surface area (Å²) in [5.41, 5.74) is 1.51. The highest BCUT2D eigenvalue weighted by atomic mass is 79.9. The van der Waals surface area contributed by atoms with Crippen LogP contribution in [-0.2, 0) is 11.4 Å². The lowest BCUT2D eigenvalue weighted by Gasteiger charge is -2.08. The maximum Gasteiger partial charge on any atom is 0.266 e. The first-order chi connectivity index (χ1) is 14.0. The Labute approximate surface area is 176 Å². The molecule has 0 saturated heterocycles. The number of ether oxygens (including phenoxy) is 1. The number of nitrogens with one attached hydrogen (secondary N) is 1. The summed E-state index contributed by atoms with van der Waals surface area (Å²) in [6, 6.07) is 22.9. The monoisotopic (exact) mass is 450 g/mol. The molecule has 0 bridgehead atoms. The first kappa shape index (κ1) is 20.3. The molecule has 0 radical (unpaired) electrons. The normalized spacial score (nSPS) is 10.9. The minimum atomic E-state index is -0.690. The van der Waals surface area contributed by atoms with Gasteiger partial charge >= 0.3 is 0 Å². The molecule has 0 heterocycles. The van der Waals surface area contributed by atoms with Crippen molar-refractivity contribution in [2.24, 2.45) is 0 Å². The number of benzene rings is 3. The van der Waals surface area contributed by atoms with Crippen LogP contribution in [0, 0.1) is 17.1 Å². The van der Waals surface area contributed by atoms with E-state index in [0.29, 0.717) is 22.4 Å². The zero-order valence-corrected chi connectivity index (χ0v) is 16.8. The Balaban J connectivity index is 1.73. The van der Waals surface area contributed by atoms with Gasteiger partial charge in [-0.3, -0.25) is 4.79 Å². The van der Waals surface area contributed by atoms with Crippen LogP contribution in [0.25, 0.3) is 6.08 Å². The van der Waals surface area contributed by atoms with Gasteiger partial charge in [0.25, 0.3) is 5.91 Å². The Morgan fingerprint density at radius 2 is 1.90 bits per heavy atom. The highest BCUT2D eigenvalue weighted by Crippen LogP contribution is 2.21. The molecule has 3 aromatic carbocycles. The van der Waals surface area contributed by atoms with Gasteiger partial charge in [-0.15, -0.1) is 0 Å². The van der Waals surface area contributed by atoms with Crippen molar-refractivity contribution in [1.29, 1.82) is 5.26 Å². The first-order valence-corrected chi connectivity index (χ1v) is 9.49. The van der Waals surface area contributed by atoms with Crippen molar-refractivity contribution < 1.29 is 13.9 Å². The largest absolute Gasteiger partial charge is 0.489 e. The summed E-state index contributed by atoms with van der Waals surface area (Å²) < 4.78 is 20.2. The van der Waals surface area contributed by atoms with Crippen molar-refractivity contribution in [2.45, 2.75) is 6.61 Å². The smallest absolute Gasteiger partial charge is 0.266 e. The van der Waals surface area contributed by atoms with Gasteiger partial charge in [0.05, 0.1) is 5.69 Å². The number of nitriles is 1. The number of amides is 1. The molecule has 1 N–H and O–H groups in total. The van der Waals surface area contributed by atoms with Crippen molar-refractivity contribution in [3.05, 3.63) is 99.8 Å². The quantitative estimate of drug-likeness (QED) is 0.386. The van der Waals surface area contributed by atoms with E-state index in [9.17, 15) is 14.4 Å². The number of nitrogens with zero attached hydrogens (tertiary/aromatic N) is 1. The molecule has 4 nitrogen and oxygen atoms in total. The molecule has 0 atom stereocenters. The molecule has 0 aliphatic heterocycles. The molecule has 144 valence electrons. The summed E-state index contributed by atoms with van der Waals surface area (Å²) in [6.07, 6.45) is 1.43. The molecular weight excluding hydrogens is 435 g/mol. The highest BCUT2D eigenvalue weighted by Gasteiger charge is 2.12. The molecule has 3 aromatic rings. The first-order valence-electron chi connectivity index (χ1n) is 8.70. The van der Waals surface area contributed by atoms with Crippen molar-refractivity contribution >= 4 is 33.6 Å². The van der Waals surface area contributed by atoms with Crippen molar-refractivity contribution in [3.63, 3.8) is 0 Å². The van der Waals surface area contributed by atoms with Gasteiger partial charge in [-0.2, -0.15) is 5.26 Å². The predicted octanol–water partition coefficient (Wildman–Crippen LogP) is 5.71. The van der Waals surface area contributed by atoms with Crippen molar-refractivity contribution in [1.82, 2.24) is 0 Å². The lowest BCUT2D eigenvalue weighted by atomic mass is 10.1. The van der Waals surface area contributed by atoms with E-state index in [4.69, 9.17) is 4.74 Å². The molecule has 0 aliphatic rings. The minimum absolute atomic E-state index is 0.000653. The minimum Gasteiger partial charge on any atom is -0.489 e. The number of carbonyl (C=O) groups excluding carboxylic acids is 1. The third kappa shape index (κ3) is 5.77. The fourth-order valence-corrected chi connectivity index (χ4v) is 2.86. The molecule has 0 unspecified atom stereocenters. The standard InChI is InChI=1S/C23H16BrFN2O2/c24-19-9-10-22(21(25)13-19)27-23(28)18(14-26)11-17-7-4-8-20(12-17)29-15-16-5-2-1-3-6-16/h1-13H,15H2,(H,27,28)/b18-11+. The van der Waals surface area contributed by atoms with Crippen LogP contribution >= 0.6 is 15.9 Å².